The molecule has 1 saturated carbocycles. The number of hydrogen-bond acceptors (Lipinski definition) is 2. The molecule has 1 aromatic carbocycles. The number of benzene rings is 1. The molecule has 1 fully saturated rings. The van der Waals surface area contributed by atoms with E-state index in [0.29, 0.717) is 19.1 Å². The first-order chi connectivity index (χ1) is 8.31. The van der Waals surface area contributed by atoms with Crippen LogP contribution in [0.5, 0.6) is 5.75 Å². The normalized spacial score (nSPS) is 14.4. The Balaban J connectivity index is 2.01. The van der Waals surface area contributed by atoms with Crippen molar-refractivity contribution < 1.29 is 4.74 Å². The summed E-state index contributed by atoms with van der Waals surface area (Å²) in [6.07, 6.45) is 8.44. The average molecular weight is 294 g/mol. The number of halogens is 1. The molecule has 1 aliphatic rings. The first-order valence-corrected chi connectivity index (χ1v) is 6.67. The molecule has 90 valence electrons. The highest BCUT2D eigenvalue weighted by Gasteiger charge is 2.20. The Morgan fingerprint density at radius 2 is 2.29 bits per heavy atom. The predicted octanol–water partition coefficient (Wildman–Crippen LogP) is 3.10. The van der Waals surface area contributed by atoms with E-state index in [1.807, 2.05) is 12.1 Å². The number of terminal acetylenes is 1. The maximum absolute atomic E-state index is 5.73. The molecule has 0 radical (unpaired) electrons. The summed E-state index contributed by atoms with van der Waals surface area (Å²) < 4.78 is 6.72. The minimum absolute atomic E-state index is 0.565. The molecule has 0 aliphatic heterocycles. The fourth-order valence-corrected chi connectivity index (χ4v) is 2.13. The van der Waals surface area contributed by atoms with Gasteiger partial charge in [-0.25, -0.2) is 0 Å². The second-order valence-electron chi connectivity index (χ2n) is 4.19. The maximum atomic E-state index is 5.73. The number of ether oxygens (including phenoxy) is 1. The molecule has 0 atom stereocenters. The summed E-state index contributed by atoms with van der Waals surface area (Å²) in [6, 6.07) is 6.81. The SMILES string of the molecule is C#CCCOc1c(Br)cccc1CNC1CC1. The first kappa shape index (κ1) is 12.5. The molecule has 0 spiro atoms. The summed E-state index contributed by atoms with van der Waals surface area (Å²) >= 11 is 3.52. The second kappa shape index (κ2) is 6.09. The van der Waals surface area contributed by atoms with Crippen LogP contribution in [0.1, 0.15) is 24.8 Å². The van der Waals surface area contributed by atoms with E-state index in [2.05, 4.69) is 33.2 Å². The van der Waals surface area contributed by atoms with Crippen molar-refractivity contribution in [2.24, 2.45) is 0 Å². The summed E-state index contributed by atoms with van der Waals surface area (Å²) in [7, 11) is 0. The van der Waals surface area contributed by atoms with E-state index in [9.17, 15) is 0 Å². The van der Waals surface area contributed by atoms with E-state index in [1.165, 1.54) is 18.4 Å². The highest BCUT2D eigenvalue weighted by atomic mass is 79.9. The summed E-state index contributed by atoms with van der Waals surface area (Å²) in [4.78, 5) is 0. The van der Waals surface area contributed by atoms with E-state index < -0.39 is 0 Å². The Labute approximate surface area is 111 Å². The molecule has 1 aromatic rings. The number of para-hydroxylation sites is 1. The number of rotatable bonds is 6. The van der Waals surface area contributed by atoms with Gasteiger partial charge in [-0.1, -0.05) is 12.1 Å². The van der Waals surface area contributed by atoms with Gasteiger partial charge >= 0.3 is 0 Å². The van der Waals surface area contributed by atoms with Gasteiger partial charge in [-0.2, -0.15) is 0 Å². The van der Waals surface area contributed by atoms with Crippen molar-refractivity contribution in [3.8, 4) is 18.1 Å². The van der Waals surface area contributed by atoms with Crippen LogP contribution in [0.2, 0.25) is 0 Å². The van der Waals surface area contributed by atoms with Gasteiger partial charge < -0.3 is 10.1 Å². The molecule has 0 saturated heterocycles. The van der Waals surface area contributed by atoms with Gasteiger partial charge in [0.2, 0.25) is 0 Å². The first-order valence-electron chi connectivity index (χ1n) is 5.88. The van der Waals surface area contributed by atoms with Crippen LogP contribution < -0.4 is 10.1 Å². The largest absolute Gasteiger partial charge is 0.491 e. The predicted molar refractivity (Wildman–Crippen MR) is 72.9 cm³/mol. The van der Waals surface area contributed by atoms with Gasteiger partial charge in [0.15, 0.2) is 0 Å². The molecular formula is C14H16BrNO. The summed E-state index contributed by atoms with van der Waals surface area (Å²) in [5, 5.41) is 3.49. The molecule has 2 rings (SSSR count). The number of hydrogen-bond donors (Lipinski definition) is 1. The minimum Gasteiger partial charge on any atom is -0.491 e. The monoisotopic (exact) mass is 293 g/mol. The van der Waals surface area contributed by atoms with Crippen LogP contribution in [0.25, 0.3) is 0 Å². The second-order valence-corrected chi connectivity index (χ2v) is 5.04. The van der Waals surface area contributed by atoms with Gasteiger partial charge in [0.1, 0.15) is 5.75 Å². The van der Waals surface area contributed by atoms with Crippen molar-refractivity contribution in [2.75, 3.05) is 6.61 Å². The van der Waals surface area contributed by atoms with Crippen molar-refractivity contribution in [2.45, 2.75) is 31.8 Å². The van der Waals surface area contributed by atoms with E-state index in [4.69, 9.17) is 11.2 Å². The number of nitrogens with one attached hydrogen (secondary N) is 1. The Bertz CT molecular complexity index is 421. The van der Waals surface area contributed by atoms with Gasteiger partial charge in [-0.05, 0) is 34.8 Å². The van der Waals surface area contributed by atoms with Crippen LogP contribution >= 0.6 is 15.9 Å². The third-order valence-corrected chi connectivity index (χ3v) is 3.32. The molecule has 3 heteroatoms. The lowest BCUT2D eigenvalue weighted by Gasteiger charge is -2.13. The van der Waals surface area contributed by atoms with Gasteiger partial charge in [-0.15, -0.1) is 12.3 Å². The fourth-order valence-electron chi connectivity index (χ4n) is 1.61. The van der Waals surface area contributed by atoms with Crippen molar-refractivity contribution in [3.63, 3.8) is 0 Å². The molecule has 2 nitrogen and oxygen atoms in total. The van der Waals surface area contributed by atoms with E-state index in [-0.39, 0.29) is 0 Å². The van der Waals surface area contributed by atoms with Gasteiger partial charge in [0.05, 0.1) is 11.1 Å². The van der Waals surface area contributed by atoms with Crippen LogP contribution in [-0.2, 0) is 6.54 Å². The van der Waals surface area contributed by atoms with Crippen LogP contribution in [0.15, 0.2) is 22.7 Å². The van der Waals surface area contributed by atoms with Crippen LogP contribution in [0.4, 0.5) is 0 Å². The Morgan fingerprint density at radius 3 is 3.00 bits per heavy atom. The molecule has 17 heavy (non-hydrogen) atoms. The topological polar surface area (TPSA) is 21.3 Å². The maximum Gasteiger partial charge on any atom is 0.137 e. The molecule has 0 amide bonds. The molecular weight excluding hydrogens is 278 g/mol. The summed E-state index contributed by atoms with van der Waals surface area (Å²) in [5.74, 6) is 3.49. The van der Waals surface area contributed by atoms with Crippen LogP contribution in [0, 0.1) is 12.3 Å². The molecule has 0 bridgehead atoms. The van der Waals surface area contributed by atoms with Crippen LogP contribution in [-0.4, -0.2) is 12.6 Å². The lowest BCUT2D eigenvalue weighted by Crippen LogP contribution is -2.16. The Morgan fingerprint density at radius 1 is 1.47 bits per heavy atom. The average Bonchev–Trinajstić information content (AvgIpc) is 3.13. The van der Waals surface area contributed by atoms with Gasteiger partial charge in [0, 0.05) is 24.6 Å². The van der Waals surface area contributed by atoms with Gasteiger partial charge in [-0.3, -0.25) is 0 Å². The van der Waals surface area contributed by atoms with Crippen LogP contribution in [0.3, 0.4) is 0 Å². The highest BCUT2D eigenvalue weighted by Crippen LogP contribution is 2.30. The van der Waals surface area contributed by atoms with Gasteiger partial charge in [0.25, 0.3) is 0 Å². The zero-order chi connectivity index (χ0) is 12.1. The minimum atomic E-state index is 0.565. The Hall–Kier alpha value is -0.980. The standard InChI is InChI=1S/C14H16BrNO/c1-2-3-9-17-14-11(5-4-6-13(14)15)10-16-12-7-8-12/h1,4-6,12,16H,3,7-10H2. The molecule has 1 N–H and O–H groups in total. The summed E-state index contributed by atoms with van der Waals surface area (Å²) in [5.41, 5.74) is 1.18. The van der Waals surface area contributed by atoms with E-state index in [1.54, 1.807) is 0 Å². The quantitative estimate of drug-likeness (QED) is 0.643. The van der Waals surface area contributed by atoms with E-state index in [0.717, 1.165) is 16.8 Å². The summed E-state index contributed by atoms with van der Waals surface area (Å²) in [6.45, 7) is 1.42. The highest BCUT2D eigenvalue weighted by molar-refractivity contribution is 9.10. The lowest BCUT2D eigenvalue weighted by atomic mass is 10.2. The Kier molecular flexibility index (Phi) is 4.47. The molecule has 0 unspecified atom stereocenters. The molecule has 0 heterocycles. The zero-order valence-electron chi connectivity index (χ0n) is 9.71. The third-order valence-electron chi connectivity index (χ3n) is 2.70. The van der Waals surface area contributed by atoms with E-state index >= 15 is 0 Å². The zero-order valence-corrected chi connectivity index (χ0v) is 11.3. The van der Waals surface area contributed by atoms with Crippen molar-refractivity contribution in [1.82, 2.24) is 5.32 Å². The smallest absolute Gasteiger partial charge is 0.137 e. The van der Waals surface area contributed by atoms with Crippen molar-refractivity contribution >= 4 is 15.9 Å². The lowest BCUT2D eigenvalue weighted by molar-refractivity contribution is 0.320. The van der Waals surface area contributed by atoms with Crippen molar-refractivity contribution in [3.05, 3.63) is 28.2 Å². The molecule has 0 aromatic heterocycles. The fraction of sp³-hybridized carbons (Fsp3) is 0.429. The third kappa shape index (κ3) is 3.76. The van der Waals surface area contributed by atoms with Crippen molar-refractivity contribution in [1.29, 1.82) is 0 Å². The molecule has 1 aliphatic carbocycles.